The smallest absolute Gasteiger partial charge is 0.238 e. The summed E-state index contributed by atoms with van der Waals surface area (Å²) in [5.41, 5.74) is 7.18. The molecule has 3 N–H and O–H groups in total. The molecule has 1 saturated heterocycles. The number of ether oxygens (including phenoxy) is 1. The predicted molar refractivity (Wildman–Crippen MR) is 121 cm³/mol. The number of carbonyl (C=O) groups excluding carboxylic acids is 2. The number of nitrogens with one attached hydrogen (secondary N) is 1. The fourth-order valence-corrected chi connectivity index (χ4v) is 4.53. The molecule has 160 valence electrons. The third-order valence-electron chi connectivity index (χ3n) is 5.24. The Morgan fingerprint density at radius 2 is 1.90 bits per heavy atom. The molecule has 0 saturated carbocycles. The third kappa shape index (κ3) is 6.24. The van der Waals surface area contributed by atoms with Crippen LogP contribution < -0.4 is 15.8 Å². The van der Waals surface area contributed by atoms with E-state index in [0.717, 1.165) is 36.5 Å². The largest absolute Gasteiger partial charge is 0.497 e. The molecule has 1 aliphatic rings. The van der Waals surface area contributed by atoms with E-state index in [1.807, 2.05) is 36.4 Å². The fraction of sp³-hybridized carbons (Fsp3) is 0.391. The Bertz CT molecular complexity index is 857. The van der Waals surface area contributed by atoms with E-state index >= 15 is 0 Å². The molecule has 1 aliphatic heterocycles. The number of primary amides is 1. The van der Waals surface area contributed by atoms with Gasteiger partial charge in [-0.05, 0) is 49.2 Å². The van der Waals surface area contributed by atoms with Gasteiger partial charge in [0.1, 0.15) is 5.75 Å². The van der Waals surface area contributed by atoms with Crippen LogP contribution in [-0.4, -0.2) is 42.7 Å². The lowest BCUT2D eigenvalue weighted by molar-refractivity contribution is -0.118. The lowest BCUT2D eigenvalue weighted by atomic mass is 10.0. The van der Waals surface area contributed by atoms with E-state index in [2.05, 4.69) is 22.3 Å². The van der Waals surface area contributed by atoms with Gasteiger partial charge in [-0.25, -0.2) is 0 Å². The van der Waals surface area contributed by atoms with Crippen LogP contribution in [0.15, 0.2) is 53.4 Å². The van der Waals surface area contributed by atoms with Crippen LogP contribution in [0.25, 0.3) is 0 Å². The molecular formula is C23H29N3O3S. The Hall–Kier alpha value is -2.51. The zero-order chi connectivity index (χ0) is 21.3. The summed E-state index contributed by atoms with van der Waals surface area (Å²) in [6, 6.07) is 15.8. The number of rotatable bonds is 8. The number of methoxy groups -OCH3 is 1. The second-order valence-corrected chi connectivity index (χ2v) is 8.43. The van der Waals surface area contributed by atoms with E-state index in [1.165, 1.54) is 23.7 Å². The Balaban J connectivity index is 1.69. The summed E-state index contributed by atoms with van der Waals surface area (Å²) in [6.07, 6.45) is 4.45. The number of likely N-dealkylation sites (tertiary alicyclic amines) is 1. The number of hydrogen-bond donors (Lipinski definition) is 2. The number of carbonyl (C=O) groups is 2. The summed E-state index contributed by atoms with van der Waals surface area (Å²) in [7, 11) is 1.66. The molecule has 1 atom stereocenters. The highest BCUT2D eigenvalue weighted by atomic mass is 32.2. The zero-order valence-electron chi connectivity index (χ0n) is 17.3. The standard InChI is InChI=1S/C23H29N3O3S/c1-29-18-12-10-17(11-13-18)20-8-3-2-6-14-26(20)15-23(28)25-19-7-4-5-9-21(19)30-16-22(24)27/h4-5,7,9-13,20H,2-3,6,8,14-16H2,1H3,(H2,24,27)(H,25,28). The Kier molecular flexibility index (Phi) is 8.16. The van der Waals surface area contributed by atoms with Crippen molar-refractivity contribution in [1.29, 1.82) is 0 Å². The molecule has 0 aromatic heterocycles. The van der Waals surface area contributed by atoms with Crippen molar-refractivity contribution in [3.05, 3.63) is 54.1 Å². The van der Waals surface area contributed by atoms with Gasteiger partial charge in [0.25, 0.3) is 0 Å². The second kappa shape index (κ2) is 11.0. The number of anilines is 1. The number of para-hydroxylation sites is 1. The predicted octanol–water partition coefficient (Wildman–Crippen LogP) is 3.83. The molecular weight excluding hydrogens is 398 g/mol. The molecule has 3 rings (SSSR count). The monoisotopic (exact) mass is 427 g/mol. The van der Waals surface area contributed by atoms with Crippen molar-refractivity contribution in [3.63, 3.8) is 0 Å². The van der Waals surface area contributed by atoms with Gasteiger partial charge in [-0.2, -0.15) is 0 Å². The molecule has 1 fully saturated rings. The van der Waals surface area contributed by atoms with Crippen LogP contribution in [0.5, 0.6) is 5.75 Å². The minimum atomic E-state index is -0.381. The van der Waals surface area contributed by atoms with Crippen molar-refractivity contribution >= 4 is 29.3 Å². The zero-order valence-corrected chi connectivity index (χ0v) is 18.1. The first-order valence-corrected chi connectivity index (χ1v) is 11.2. The molecule has 0 spiro atoms. The summed E-state index contributed by atoms with van der Waals surface area (Å²) in [4.78, 5) is 27.1. The molecule has 2 amide bonds. The highest BCUT2D eigenvalue weighted by molar-refractivity contribution is 8.00. The van der Waals surface area contributed by atoms with Crippen LogP contribution in [0, 0.1) is 0 Å². The molecule has 0 aliphatic carbocycles. The molecule has 0 bridgehead atoms. The number of benzene rings is 2. The number of nitrogens with two attached hydrogens (primary N) is 1. The van der Waals surface area contributed by atoms with Gasteiger partial charge >= 0.3 is 0 Å². The first kappa shape index (κ1) is 22.2. The number of nitrogens with zero attached hydrogens (tertiary/aromatic N) is 1. The summed E-state index contributed by atoms with van der Waals surface area (Å²) >= 11 is 1.33. The highest BCUT2D eigenvalue weighted by Crippen LogP contribution is 2.31. The van der Waals surface area contributed by atoms with E-state index in [-0.39, 0.29) is 23.6 Å². The van der Waals surface area contributed by atoms with Crippen molar-refractivity contribution in [1.82, 2.24) is 4.90 Å². The second-order valence-electron chi connectivity index (χ2n) is 7.41. The lowest BCUT2D eigenvalue weighted by Gasteiger charge is -2.30. The van der Waals surface area contributed by atoms with Crippen LogP contribution in [0.3, 0.4) is 0 Å². The normalized spacial score (nSPS) is 17.2. The minimum Gasteiger partial charge on any atom is -0.497 e. The maximum atomic E-state index is 12.9. The van der Waals surface area contributed by atoms with Gasteiger partial charge in [0.05, 0.1) is 25.1 Å². The van der Waals surface area contributed by atoms with Gasteiger partial charge in [-0.15, -0.1) is 11.8 Å². The first-order valence-electron chi connectivity index (χ1n) is 10.2. The summed E-state index contributed by atoms with van der Waals surface area (Å²) in [6.45, 7) is 1.22. The van der Waals surface area contributed by atoms with E-state index in [0.29, 0.717) is 12.2 Å². The fourth-order valence-electron chi connectivity index (χ4n) is 3.78. The quantitative estimate of drug-likeness (QED) is 0.626. The molecule has 2 aromatic carbocycles. The number of hydrogen-bond acceptors (Lipinski definition) is 5. The Labute approximate surface area is 182 Å². The average Bonchev–Trinajstić information content (AvgIpc) is 2.98. The number of thioether (sulfide) groups is 1. The number of amides is 2. The molecule has 1 unspecified atom stereocenters. The summed E-state index contributed by atoms with van der Waals surface area (Å²) < 4.78 is 5.28. The van der Waals surface area contributed by atoms with E-state index in [9.17, 15) is 9.59 Å². The van der Waals surface area contributed by atoms with Crippen molar-refractivity contribution in [2.24, 2.45) is 5.73 Å². The molecule has 7 heteroatoms. The third-order valence-corrected chi connectivity index (χ3v) is 6.34. The Morgan fingerprint density at radius 3 is 2.63 bits per heavy atom. The van der Waals surface area contributed by atoms with Gasteiger partial charge in [0, 0.05) is 10.9 Å². The molecule has 1 heterocycles. The summed E-state index contributed by atoms with van der Waals surface area (Å²) in [5, 5.41) is 3.02. The van der Waals surface area contributed by atoms with E-state index < -0.39 is 0 Å². The maximum absolute atomic E-state index is 12.9. The SMILES string of the molecule is COc1ccc(C2CCCCCN2CC(=O)Nc2ccccc2SCC(N)=O)cc1. The summed E-state index contributed by atoms with van der Waals surface area (Å²) in [5.74, 6) is 0.579. The van der Waals surface area contributed by atoms with Crippen LogP contribution in [0.4, 0.5) is 5.69 Å². The van der Waals surface area contributed by atoms with E-state index in [1.54, 1.807) is 7.11 Å². The van der Waals surface area contributed by atoms with Crippen molar-refractivity contribution < 1.29 is 14.3 Å². The maximum Gasteiger partial charge on any atom is 0.238 e. The Morgan fingerprint density at radius 1 is 1.13 bits per heavy atom. The minimum absolute atomic E-state index is 0.0532. The molecule has 2 aromatic rings. The first-order chi connectivity index (χ1) is 14.6. The van der Waals surface area contributed by atoms with Crippen molar-refractivity contribution in [2.75, 3.05) is 31.3 Å². The van der Waals surface area contributed by atoms with Crippen LogP contribution >= 0.6 is 11.8 Å². The topological polar surface area (TPSA) is 84.7 Å². The van der Waals surface area contributed by atoms with Gasteiger partial charge in [0.15, 0.2) is 0 Å². The van der Waals surface area contributed by atoms with Gasteiger partial charge in [-0.1, -0.05) is 37.1 Å². The van der Waals surface area contributed by atoms with Crippen molar-refractivity contribution in [3.8, 4) is 5.75 Å². The highest BCUT2D eigenvalue weighted by Gasteiger charge is 2.24. The van der Waals surface area contributed by atoms with Gasteiger partial charge in [-0.3, -0.25) is 14.5 Å². The van der Waals surface area contributed by atoms with Crippen molar-refractivity contribution in [2.45, 2.75) is 36.6 Å². The molecule has 30 heavy (non-hydrogen) atoms. The molecule has 0 radical (unpaired) electrons. The van der Waals surface area contributed by atoms with Gasteiger partial charge < -0.3 is 15.8 Å². The van der Waals surface area contributed by atoms with Crippen LogP contribution in [0.1, 0.15) is 37.3 Å². The van der Waals surface area contributed by atoms with Crippen LogP contribution in [0.2, 0.25) is 0 Å². The van der Waals surface area contributed by atoms with Crippen LogP contribution in [-0.2, 0) is 9.59 Å². The lowest BCUT2D eigenvalue weighted by Crippen LogP contribution is -2.36. The van der Waals surface area contributed by atoms with E-state index in [4.69, 9.17) is 10.5 Å². The average molecular weight is 428 g/mol. The van der Waals surface area contributed by atoms with Gasteiger partial charge in [0.2, 0.25) is 11.8 Å². The molecule has 6 nitrogen and oxygen atoms in total.